The highest BCUT2D eigenvalue weighted by atomic mass is 28.3. The van der Waals surface area contributed by atoms with Crippen molar-refractivity contribution in [3.05, 3.63) is 29.8 Å². The van der Waals surface area contributed by atoms with Crippen LogP contribution in [0.15, 0.2) is 24.3 Å². The second-order valence-electron chi connectivity index (χ2n) is 5.86. The molecular formula is C15H24O2Si. The lowest BCUT2D eigenvalue weighted by Crippen LogP contribution is -2.50. The van der Waals surface area contributed by atoms with Gasteiger partial charge in [0.15, 0.2) is 0 Å². The Hall–Kier alpha value is -1.09. The highest BCUT2D eigenvalue weighted by Gasteiger charge is 2.36. The molecule has 0 radical (unpaired) electrons. The molecule has 0 aliphatic rings. The fourth-order valence-electron chi connectivity index (χ4n) is 2.52. The van der Waals surface area contributed by atoms with Crippen molar-refractivity contribution in [2.45, 2.75) is 51.7 Å². The van der Waals surface area contributed by atoms with E-state index in [0.717, 1.165) is 5.56 Å². The van der Waals surface area contributed by atoms with Gasteiger partial charge in [0.05, 0.1) is 14.5 Å². The highest BCUT2D eigenvalue weighted by molar-refractivity contribution is 6.92. The van der Waals surface area contributed by atoms with Crippen LogP contribution in [0.5, 0.6) is 0 Å². The van der Waals surface area contributed by atoms with Crippen molar-refractivity contribution in [1.82, 2.24) is 0 Å². The third kappa shape index (κ3) is 3.02. The SMILES string of the molecule is CC(C)[Si](C)(c1cccc(CC(=O)O)c1)C(C)C. The summed E-state index contributed by atoms with van der Waals surface area (Å²) in [6.07, 6.45) is 0.120. The summed E-state index contributed by atoms with van der Waals surface area (Å²) in [4.78, 5) is 10.8. The number of hydrogen-bond acceptors (Lipinski definition) is 1. The van der Waals surface area contributed by atoms with Crippen molar-refractivity contribution in [2.24, 2.45) is 0 Å². The molecule has 1 aromatic carbocycles. The van der Waals surface area contributed by atoms with E-state index in [2.05, 4.69) is 46.4 Å². The van der Waals surface area contributed by atoms with Crippen molar-refractivity contribution in [3.8, 4) is 0 Å². The standard InChI is InChI=1S/C15H24O2Si/c1-11(2)18(5,12(3)4)14-8-6-7-13(9-14)10-15(16)17/h6-9,11-12H,10H2,1-5H3,(H,16,17). The van der Waals surface area contributed by atoms with Crippen LogP contribution < -0.4 is 5.19 Å². The molecule has 1 rings (SSSR count). The van der Waals surface area contributed by atoms with Crippen molar-refractivity contribution in [3.63, 3.8) is 0 Å². The molecule has 1 N–H and O–H groups in total. The van der Waals surface area contributed by atoms with E-state index in [-0.39, 0.29) is 6.42 Å². The number of hydrogen-bond donors (Lipinski definition) is 1. The molecule has 0 saturated heterocycles. The fraction of sp³-hybridized carbons (Fsp3) is 0.533. The molecule has 1 aromatic rings. The van der Waals surface area contributed by atoms with Crippen LogP contribution in [-0.4, -0.2) is 19.1 Å². The molecule has 0 aromatic heterocycles. The number of carboxylic acid groups (broad SMARTS) is 1. The third-order valence-corrected chi connectivity index (χ3v) is 10.7. The van der Waals surface area contributed by atoms with Crippen LogP contribution in [0.4, 0.5) is 0 Å². The van der Waals surface area contributed by atoms with E-state index >= 15 is 0 Å². The molecule has 2 nitrogen and oxygen atoms in total. The van der Waals surface area contributed by atoms with Gasteiger partial charge < -0.3 is 5.11 Å². The van der Waals surface area contributed by atoms with Gasteiger partial charge in [-0.2, -0.15) is 0 Å². The van der Waals surface area contributed by atoms with Gasteiger partial charge in [-0.1, -0.05) is 63.7 Å². The Labute approximate surface area is 111 Å². The summed E-state index contributed by atoms with van der Waals surface area (Å²) in [5, 5.41) is 10.3. The van der Waals surface area contributed by atoms with Gasteiger partial charge in [0.1, 0.15) is 0 Å². The maximum Gasteiger partial charge on any atom is 0.307 e. The lowest BCUT2D eigenvalue weighted by molar-refractivity contribution is -0.136. The van der Waals surface area contributed by atoms with E-state index in [4.69, 9.17) is 5.11 Å². The molecule has 100 valence electrons. The summed E-state index contributed by atoms with van der Waals surface area (Å²) in [5.41, 5.74) is 2.22. The molecule has 0 aliphatic heterocycles. The topological polar surface area (TPSA) is 37.3 Å². The zero-order valence-corrected chi connectivity index (χ0v) is 13.0. The number of carbonyl (C=O) groups is 1. The normalized spacial score (nSPS) is 12.2. The number of aliphatic carboxylic acids is 1. The second-order valence-corrected chi connectivity index (χ2v) is 11.3. The lowest BCUT2D eigenvalue weighted by Gasteiger charge is -2.36. The first-order valence-corrected chi connectivity index (χ1v) is 9.25. The monoisotopic (exact) mass is 264 g/mol. The average molecular weight is 264 g/mol. The van der Waals surface area contributed by atoms with Gasteiger partial charge in [0, 0.05) is 0 Å². The van der Waals surface area contributed by atoms with E-state index in [1.165, 1.54) is 5.19 Å². The summed E-state index contributed by atoms with van der Waals surface area (Å²) < 4.78 is 0. The minimum Gasteiger partial charge on any atom is -0.481 e. The highest BCUT2D eigenvalue weighted by Crippen LogP contribution is 2.31. The van der Waals surface area contributed by atoms with Crippen molar-refractivity contribution in [1.29, 1.82) is 0 Å². The summed E-state index contributed by atoms with van der Waals surface area (Å²) in [6, 6.07) is 8.20. The maximum atomic E-state index is 10.8. The Morgan fingerprint density at radius 3 is 2.22 bits per heavy atom. The largest absolute Gasteiger partial charge is 0.481 e. The van der Waals surface area contributed by atoms with E-state index in [1.54, 1.807) is 0 Å². The van der Waals surface area contributed by atoms with Crippen molar-refractivity contribution in [2.75, 3.05) is 0 Å². The Balaban J connectivity index is 3.18. The summed E-state index contributed by atoms with van der Waals surface area (Å²) in [5.74, 6) is -0.760. The number of carboxylic acids is 1. The Morgan fingerprint density at radius 1 is 1.22 bits per heavy atom. The van der Waals surface area contributed by atoms with Crippen LogP contribution in [0.25, 0.3) is 0 Å². The first kappa shape index (κ1) is 15.0. The van der Waals surface area contributed by atoms with Gasteiger partial charge in [0.2, 0.25) is 0 Å². The summed E-state index contributed by atoms with van der Waals surface area (Å²) in [7, 11) is -1.56. The third-order valence-electron chi connectivity index (χ3n) is 4.30. The van der Waals surface area contributed by atoms with Crippen molar-refractivity contribution < 1.29 is 9.90 Å². The first-order chi connectivity index (χ1) is 8.28. The molecule has 0 saturated carbocycles. The maximum absolute atomic E-state index is 10.8. The fourth-order valence-corrected chi connectivity index (χ4v) is 6.14. The molecular weight excluding hydrogens is 240 g/mol. The smallest absolute Gasteiger partial charge is 0.307 e. The van der Waals surface area contributed by atoms with Gasteiger partial charge in [-0.3, -0.25) is 4.79 Å². The van der Waals surface area contributed by atoms with Gasteiger partial charge in [-0.15, -0.1) is 0 Å². The van der Waals surface area contributed by atoms with Crippen LogP contribution in [0.1, 0.15) is 33.3 Å². The second kappa shape index (κ2) is 5.70. The molecule has 0 aliphatic carbocycles. The van der Waals surface area contributed by atoms with Crippen LogP contribution in [0.3, 0.4) is 0 Å². The quantitative estimate of drug-likeness (QED) is 0.827. The molecule has 0 fully saturated rings. The predicted octanol–water partition coefficient (Wildman–Crippen LogP) is 3.42. The molecule has 0 amide bonds. The van der Waals surface area contributed by atoms with Crippen molar-refractivity contribution >= 4 is 19.2 Å². The molecule has 0 spiro atoms. The van der Waals surface area contributed by atoms with E-state index < -0.39 is 14.0 Å². The average Bonchev–Trinajstić information content (AvgIpc) is 2.26. The molecule has 18 heavy (non-hydrogen) atoms. The minimum absolute atomic E-state index is 0.120. The van der Waals surface area contributed by atoms with Gasteiger partial charge in [-0.25, -0.2) is 0 Å². The van der Waals surface area contributed by atoms with Gasteiger partial charge >= 0.3 is 5.97 Å². The first-order valence-electron chi connectivity index (χ1n) is 6.59. The van der Waals surface area contributed by atoms with Crippen LogP contribution in [0.2, 0.25) is 17.6 Å². The van der Waals surface area contributed by atoms with Crippen LogP contribution in [0, 0.1) is 0 Å². The Morgan fingerprint density at radius 2 is 1.78 bits per heavy atom. The van der Waals surface area contributed by atoms with E-state index in [1.807, 2.05) is 12.1 Å². The van der Waals surface area contributed by atoms with E-state index in [9.17, 15) is 4.79 Å². The minimum atomic E-state index is -1.56. The van der Waals surface area contributed by atoms with Gasteiger partial charge in [-0.05, 0) is 16.6 Å². The zero-order valence-electron chi connectivity index (χ0n) is 12.0. The van der Waals surface area contributed by atoms with E-state index in [0.29, 0.717) is 11.1 Å². The molecule has 0 heterocycles. The lowest BCUT2D eigenvalue weighted by atomic mass is 10.1. The summed E-state index contributed by atoms with van der Waals surface area (Å²) >= 11 is 0. The van der Waals surface area contributed by atoms with Crippen LogP contribution in [-0.2, 0) is 11.2 Å². The molecule has 3 heteroatoms. The summed E-state index contributed by atoms with van der Waals surface area (Å²) in [6.45, 7) is 11.6. The van der Waals surface area contributed by atoms with Gasteiger partial charge in [0.25, 0.3) is 0 Å². The Bertz CT molecular complexity index is 416. The molecule has 0 atom stereocenters. The van der Waals surface area contributed by atoms with Crippen LogP contribution >= 0.6 is 0 Å². The molecule has 0 unspecified atom stereocenters. The molecule has 0 bridgehead atoms. The number of rotatable bonds is 5. The Kier molecular flexibility index (Phi) is 4.74. The zero-order chi connectivity index (χ0) is 13.9. The predicted molar refractivity (Wildman–Crippen MR) is 79.2 cm³/mol. The number of benzene rings is 1.